The zero-order valence-electron chi connectivity index (χ0n) is 10.5. The molecular weight excluding hydrogens is 262 g/mol. The van der Waals surface area contributed by atoms with Crippen molar-refractivity contribution in [1.29, 1.82) is 0 Å². The summed E-state index contributed by atoms with van der Waals surface area (Å²) in [6.07, 6.45) is 2.23. The second kappa shape index (κ2) is 6.41. The predicted octanol–water partition coefficient (Wildman–Crippen LogP) is 4.41. The van der Waals surface area contributed by atoms with E-state index in [1.54, 1.807) is 0 Å². The predicted molar refractivity (Wildman–Crippen MR) is 74.9 cm³/mol. The van der Waals surface area contributed by atoms with Crippen LogP contribution in [0.3, 0.4) is 0 Å². The zero-order valence-corrected chi connectivity index (χ0v) is 12.0. The molecule has 0 fully saturated rings. The summed E-state index contributed by atoms with van der Waals surface area (Å²) in [5, 5.41) is 0. The molecule has 2 unspecified atom stereocenters. The monoisotopic (exact) mass is 283 g/mol. The van der Waals surface area contributed by atoms with Gasteiger partial charge >= 0.3 is 0 Å². The minimum absolute atomic E-state index is 0.548. The minimum atomic E-state index is 0.548. The molecule has 2 atom stereocenters. The Labute approximate surface area is 108 Å². The quantitative estimate of drug-likeness (QED) is 0.851. The largest absolute Gasteiger partial charge is 0.330 e. The maximum Gasteiger partial charge on any atom is 0.0212 e. The molecule has 16 heavy (non-hydrogen) atoms. The number of hydrogen-bond donors (Lipinski definition) is 1. The molecule has 0 amide bonds. The van der Waals surface area contributed by atoms with E-state index in [9.17, 15) is 0 Å². The molecule has 0 aliphatic carbocycles. The summed E-state index contributed by atoms with van der Waals surface area (Å²) in [5.41, 5.74) is 8.38. The van der Waals surface area contributed by atoms with Crippen molar-refractivity contribution in [2.24, 2.45) is 5.73 Å². The molecule has 2 heteroatoms. The van der Waals surface area contributed by atoms with Crippen LogP contribution in [0.5, 0.6) is 0 Å². The van der Waals surface area contributed by atoms with E-state index in [2.05, 4.69) is 54.9 Å². The van der Waals surface area contributed by atoms with Gasteiger partial charge in [-0.15, -0.1) is 0 Å². The van der Waals surface area contributed by atoms with E-state index < -0.39 is 0 Å². The molecule has 0 radical (unpaired) electrons. The molecule has 0 aromatic heterocycles. The highest BCUT2D eigenvalue weighted by Gasteiger charge is 2.10. The molecule has 0 aliphatic rings. The number of nitrogens with two attached hydrogens (primary N) is 1. The lowest BCUT2D eigenvalue weighted by Gasteiger charge is -2.16. The van der Waals surface area contributed by atoms with Crippen LogP contribution < -0.4 is 5.73 Å². The molecule has 2 N–H and O–H groups in total. The van der Waals surface area contributed by atoms with Crippen LogP contribution in [0.25, 0.3) is 0 Å². The summed E-state index contributed by atoms with van der Waals surface area (Å²) in [6.45, 7) is 7.48. The van der Waals surface area contributed by atoms with Crippen LogP contribution in [0.1, 0.15) is 56.6 Å². The van der Waals surface area contributed by atoms with E-state index in [0.717, 1.165) is 13.0 Å². The first-order chi connectivity index (χ1) is 7.60. The molecule has 1 aromatic carbocycles. The molecule has 0 spiro atoms. The van der Waals surface area contributed by atoms with Crippen molar-refractivity contribution < 1.29 is 0 Å². The molecule has 0 aliphatic heterocycles. The first kappa shape index (κ1) is 13.7. The van der Waals surface area contributed by atoms with Crippen molar-refractivity contribution in [2.75, 3.05) is 6.54 Å². The topological polar surface area (TPSA) is 26.0 Å². The summed E-state index contributed by atoms with van der Waals surface area (Å²) < 4.78 is 1.24. The summed E-state index contributed by atoms with van der Waals surface area (Å²) in [4.78, 5) is 0. The van der Waals surface area contributed by atoms with Crippen LogP contribution >= 0.6 is 15.9 Å². The van der Waals surface area contributed by atoms with Crippen molar-refractivity contribution in [1.82, 2.24) is 0 Å². The fourth-order valence-electron chi connectivity index (χ4n) is 1.89. The molecule has 0 bridgehead atoms. The van der Waals surface area contributed by atoms with Gasteiger partial charge in [-0.25, -0.2) is 0 Å². The molecule has 1 rings (SSSR count). The van der Waals surface area contributed by atoms with Crippen LogP contribution in [-0.4, -0.2) is 6.54 Å². The van der Waals surface area contributed by atoms with E-state index in [0.29, 0.717) is 11.8 Å². The Morgan fingerprint density at radius 3 is 2.44 bits per heavy atom. The van der Waals surface area contributed by atoms with Gasteiger partial charge in [-0.3, -0.25) is 0 Å². The Morgan fingerprint density at radius 1 is 1.25 bits per heavy atom. The Bertz CT molecular complexity index is 336. The van der Waals surface area contributed by atoms with Crippen molar-refractivity contribution in [2.45, 2.75) is 45.4 Å². The van der Waals surface area contributed by atoms with Gasteiger partial charge in [-0.2, -0.15) is 0 Å². The Balaban J connectivity index is 2.90. The van der Waals surface area contributed by atoms with Gasteiger partial charge in [0.25, 0.3) is 0 Å². The Morgan fingerprint density at radius 2 is 1.94 bits per heavy atom. The zero-order chi connectivity index (χ0) is 12.1. The molecule has 0 saturated carbocycles. The van der Waals surface area contributed by atoms with Crippen LogP contribution in [-0.2, 0) is 0 Å². The fraction of sp³-hybridized carbons (Fsp3) is 0.571. The molecule has 1 nitrogen and oxygen atoms in total. The van der Waals surface area contributed by atoms with Crippen molar-refractivity contribution in [3.63, 3.8) is 0 Å². The van der Waals surface area contributed by atoms with Gasteiger partial charge in [-0.1, -0.05) is 48.8 Å². The Hall–Kier alpha value is -0.340. The summed E-state index contributed by atoms with van der Waals surface area (Å²) in [5.74, 6) is 1.17. The number of benzene rings is 1. The summed E-state index contributed by atoms with van der Waals surface area (Å²) in [6, 6.07) is 6.75. The van der Waals surface area contributed by atoms with Gasteiger partial charge < -0.3 is 5.73 Å². The normalized spacial score (nSPS) is 14.8. The van der Waals surface area contributed by atoms with E-state index in [4.69, 9.17) is 5.73 Å². The van der Waals surface area contributed by atoms with Crippen LogP contribution in [0.4, 0.5) is 0 Å². The average molecular weight is 284 g/mol. The second-order valence-electron chi connectivity index (χ2n) is 4.57. The first-order valence-electron chi connectivity index (χ1n) is 6.09. The van der Waals surface area contributed by atoms with Gasteiger partial charge in [0.05, 0.1) is 0 Å². The number of hydrogen-bond acceptors (Lipinski definition) is 1. The highest BCUT2D eigenvalue weighted by molar-refractivity contribution is 9.10. The lowest BCUT2D eigenvalue weighted by atomic mass is 9.93. The van der Waals surface area contributed by atoms with Crippen LogP contribution in [0.15, 0.2) is 22.7 Å². The van der Waals surface area contributed by atoms with Gasteiger partial charge in [0.15, 0.2) is 0 Å². The molecule has 0 heterocycles. The third-order valence-electron chi connectivity index (χ3n) is 3.34. The number of halogens is 1. The summed E-state index contributed by atoms with van der Waals surface area (Å²) in [7, 11) is 0. The van der Waals surface area contributed by atoms with E-state index >= 15 is 0 Å². The van der Waals surface area contributed by atoms with Gasteiger partial charge in [0.2, 0.25) is 0 Å². The lowest BCUT2D eigenvalue weighted by molar-refractivity contribution is 0.686. The van der Waals surface area contributed by atoms with Crippen LogP contribution in [0, 0.1) is 0 Å². The van der Waals surface area contributed by atoms with Gasteiger partial charge in [-0.05, 0) is 48.4 Å². The maximum atomic E-state index is 5.59. The van der Waals surface area contributed by atoms with E-state index in [1.807, 2.05) is 0 Å². The number of rotatable bonds is 5. The van der Waals surface area contributed by atoms with Crippen LogP contribution in [0.2, 0.25) is 0 Å². The maximum absolute atomic E-state index is 5.59. The van der Waals surface area contributed by atoms with Crippen molar-refractivity contribution >= 4 is 15.9 Å². The van der Waals surface area contributed by atoms with E-state index in [1.165, 1.54) is 22.0 Å². The molecule has 90 valence electrons. The van der Waals surface area contributed by atoms with Crippen molar-refractivity contribution in [3.8, 4) is 0 Å². The fourth-order valence-corrected chi connectivity index (χ4v) is 2.67. The second-order valence-corrected chi connectivity index (χ2v) is 5.42. The summed E-state index contributed by atoms with van der Waals surface area (Å²) >= 11 is 3.68. The SMILES string of the molecule is CCC(C)c1ccc(C(C)CCN)cc1Br. The third-order valence-corrected chi connectivity index (χ3v) is 4.02. The van der Waals surface area contributed by atoms with Gasteiger partial charge in [0, 0.05) is 4.47 Å². The van der Waals surface area contributed by atoms with E-state index in [-0.39, 0.29) is 0 Å². The first-order valence-corrected chi connectivity index (χ1v) is 6.88. The third kappa shape index (κ3) is 3.33. The van der Waals surface area contributed by atoms with Gasteiger partial charge in [0.1, 0.15) is 0 Å². The Kier molecular flexibility index (Phi) is 5.50. The molecule has 1 aromatic rings. The highest BCUT2D eigenvalue weighted by Crippen LogP contribution is 2.30. The molecular formula is C14H22BrN. The highest BCUT2D eigenvalue weighted by atomic mass is 79.9. The smallest absolute Gasteiger partial charge is 0.0212 e. The standard InChI is InChI=1S/C14H22BrN/c1-4-10(2)13-6-5-12(9-14(13)15)11(3)7-8-16/h5-6,9-11H,4,7-8,16H2,1-3H3. The minimum Gasteiger partial charge on any atom is -0.330 e. The lowest BCUT2D eigenvalue weighted by Crippen LogP contribution is -2.05. The van der Waals surface area contributed by atoms with Crippen molar-refractivity contribution in [3.05, 3.63) is 33.8 Å². The molecule has 0 saturated heterocycles. The average Bonchev–Trinajstić information content (AvgIpc) is 2.28.